The molecule has 0 amide bonds. The number of alkyl halides is 2. The van der Waals surface area contributed by atoms with E-state index in [4.69, 9.17) is 9.68 Å². The normalized spacial score (nSPS) is 21.3. The molecule has 5 heteroatoms. The Bertz CT molecular complexity index is 116. The molecule has 0 aliphatic carbocycles. The first kappa shape index (κ1) is 8.66. The Morgan fingerprint density at radius 2 is 2.20 bits per heavy atom. The second kappa shape index (κ2) is 3.31. The van der Waals surface area contributed by atoms with Gasteiger partial charge in [0, 0.05) is 0 Å². The zero-order valence-electron chi connectivity index (χ0n) is 6.56. The molecule has 0 unspecified atom stereocenters. The van der Waals surface area contributed by atoms with Crippen LogP contribution in [0.25, 0.3) is 0 Å². The molecule has 1 heterocycles. The van der Waals surface area contributed by atoms with Crippen molar-refractivity contribution < 1.29 is 14.5 Å². The Kier molecular flexibility index (Phi) is 2.87. The fraction of sp³-hybridized carbons (Fsp3) is 1.00. The van der Waals surface area contributed by atoms with E-state index in [1.807, 2.05) is 14.1 Å². The quantitative estimate of drug-likeness (QED) is 0.152. The van der Waals surface area contributed by atoms with Gasteiger partial charge in [-0.25, -0.2) is 0 Å². The van der Waals surface area contributed by atoms with Crippen molar-refractivity contribution in [2.75, 3.05) is 30.4 Å². The molecule has 0 aromatic rings. The van der Waals surface area contributed by atoms with Crippen LogP contribution in [0.1, 0.15) is 0 Å². The SMILES string of the molecule is CO[N+](C)(C)OCI1CN1. The van der Waals surface area contributed by atoms with Gasteiger partial charge in [-0.1, -0.05) is 0 Å². The monoisotopic (exact) mass is 261 g/mol. The predicted octanol–water partition coefficient (Wildman–Crippen LogP) is 0.495. The molecule has 62 valence electrons. The van der Waals surface area contributed by atoms with Gasteiger partial charge in [0.15, 0.2) is 0 Å². The number of halogens is 1. The van der Waals surface area contributed by atoms with Crippen LogP contribution >= 0.6 is 20.1 Å². The number of hydrogen-bond acceptors (Lipinski definition) is 3. The second-order valence-corrected chi connectivity index (χ2v) is 7.15. The first-order valence-corrected chi connectivity index (χ1v) is 7.16. The first-order valence-electron chi connectivity index (χ1n) is 3.03. The summed E-state index contributed by atoms with van der Waals surface area (Å²) in [5.74, 6) is 0. The van der Waals surface area contributed by atoms with Gasteiger partial charge in [0.1, 0.15) is 0 Å². The van der Waals surface area contributed by atoms with Gasteiger partial charge in [-0.15, -0.1) is 0 Å². The van der Waals surface area contributed by atoms with Crippen molar-refractivity contribution >= 4 is 20.1 Å². The minimum atomic E-state index is -0.749. The molecule has 0 bridgehead atoms. The number of hydrogen-bond donors (Lipinski definition) is 1. The Morgan fingerprint density at radius 1 is 1.60 bits per heavy atom. The molecule has 1 saturated heterocycles. The zero-order chi connectivity index (χ0) is 7.61. The van der Waals surface area contributed by atoms with Crippen molar-refractivity contribution in [3.63, 3.8) is 0 Å². The molecule has 0 spiro atoms. The minimum absolute atomic E-state index is 0.204. The van der Waals surface area contributed by atoms with E-state index in [-0.39, 0.29) is 4.81 Å². The van der Waals surface area contributed by atoms with Gasteiger partial charge in [-0.2, -0.15) is 0 Å². The molecule has 0 aromatic heterocycles. The number of nitrogens with one attached hydrogen (secondary N) is 1. The fourth-order valence-corrected chi connectivity index (χ4v) is 3.36. The van der Waals surface area contributed by atoms with E-state index in [1.165, 1.54) is 4.55 Å². The third-order valence-corrected chi connectivity index (χ3v) is 4.13. The maximum absolute atomic E-state index is 5.42. The van der Waals surface area contributed by atoms with E-state index in [9.17, 15) is 0 Å². The van der Waals surface area contributed by atoms with Gasteiger partial charge in [-0.3, -0.25) is 0 Å². The summed E-state index contributed by atoms with van der Waals surface area (Å²) in [7, 11) is 5.39. The molecule has 0 saturated carbocycles. The molecule has 0 radical (unpaired) electrons. The molecule has 1 aliphatic heterocycles. The van der Waals surface area contributed by atoms with Gasteiger partial charge in [0.05, 0.1) is 0 Å². The molecular formula is C5H14IN2O2+. The molecular weight excluding hydrogens is 247 g/mol. The maximum atomic E-state index is 5.42. The van der Waals surface area contributed by atoms with Gasteiger partial charge < -0.3 is 0 Å². The van der Waals surface area contributed by atoms with Crippen LogP contribution in [0.2, 0.25) is 0 Å². The average Bonchev–Trinajstić information content (AvgIpc) is 2.66. The summed E-state index contributed by atoms with van der Waals surface area (Å²) in [6.45, 7) is 0. The molecule has 4 nitrogen and oxygen atoms in total. The van der Waals surface area contributed by atoms with Gasteiger partial charge in [0.2, 0.25) is 0 Å². The van der Waals surface area contributed by atoms with Crippen LogP contribution in [-0.4, -0.2) is 35.2 Å². The standard InChI is InChI=1S/C5H14IN2O2/c1-8(2,9-3)10-5-6-4-7-6/h7H,4-5H2,1-3H3/q+1. The summed E-state index contributed by atoms with van der Waals surface area (Å²) in [6, 6.07) is 0. The van der Waals surface area contributed by atoms with E-state index in [1.54, 1.807) is 7.11 Å². The van der Waals surface area contributed by atoms with Crippen molar-refractivity contribution in [2.24, 2.45) is 0 Å². The van der Waals surface area contributed by atoms with Crippen LogP contribution in [0, 0.1) is 0 Å². The van der Waals surface area contributed by atoms with E-state index in [0.29, 0.717) is 0 Å². The van der Waals surface area contributed by atoms with E-state index < -0.39 is 20.1 Å². The summed E-state index contributed by atoms with van der Waals surface area (Å²) >= 11 is -0.749. The first-order chi connectivity index (χ1) is 4.64. The topological polar surface area (TPSA) is 40.4 Å². The van der Waals surface area contributed by atoms with Crippen LogP contribution in [0.3, 0.4) is 0 Å². The van der Waals surface area contributed by atoms with Crippen molar-refractivity contribution in [3.05, 3.63) is 0 Å². The fourth-order valence-electron chi connectivity index (χ4n) is 0.342. The molecule has 1 N–H and O–H groups in total. The summed E-state index contributed by atoms with van der Waals surface area (Å²) in [5.41, 5.74) is 0. The molecule has 10 heavy (non-hydrogen) atoms. The number of hydroxylamine groups is 4. The third-order valence-electron chi connectivity index (χ3n) is 1.25. The third kappa shape index (κ3) is 3.11. The van der Waals surface area contributed by atoms with E-state index in [2.05, 4.69) is 3.53 Å². The summed E-state index contributed by atoms with van der Waals surface area (Å²) in [4.78, 5) is 10.7. The predicted molar refractivity (Wildman–Crippen MR) is 47.1 cm³/mol. The van der Waals surface area contributed by atoms with Crippen LogP contribution < -0.4 is 3.53 Å². The van der Waals surface area contributed by atoms with Gasteiger partial charge in [0.25, 0.3) is 0 Å². The summed E-state index contributed by atoms with van der Waals surface area (Å²) in [6.07, 6.45) is 0. The van der Waals surface area contributed by atoms with Crippen LogP contribution in [-0.2, 0) is 9.68 Å². The van der Waals surface area contributed by atoms with E-state index in [0.717, 1.165) is 4.61 Å². The Balaban J connectivity index is 2.09. The Labute approximate surface area is 68.7 Å². The Hall–Kier alpha value is 0.570. The van der Waals surface area contributed by atoms with Crippen LogP contribution in [0.4, 0.5) is 0 Å². The summed E-state index contributed by atoms with van der Waals surface area (Å²) in [5, 5.41) is 0. The van der Waals surface area contributed by atoms with Crippen LogP contribution in [0.5, 0.6) is 0 Å². The van der Waals surface area contributed by atoms with Crippen molar-refractivity contribution in [3.8, 4) is 0 Å². The number of quaternary nitrogens is 1. The zero-order valence-corrected chi connectivity index (χ0v) is 8.71. The Morgan fingerprint density at radius 3 is 2.60 bits per heavy atom. The number of nitrogens with zero attached hydrogens (tertiary/aromatic N) is 1. The molecule has 1 fully saturated rings. The van der Waals surface area contributed by atoms with E-state index >= 15 is 0 Å². The van der Waals surface area contributed by atoms with Gasteiger partial charge >= 0.3 is 68.5 Å². The average molecular weight is 261 g/mol. The van der Waals surface area contributed by atoms with Crippen molar-refractivity contribution in [1.29, 1.82) is 0 Å². The molecule has 1 rings (SSSR count). The molecule has 1 aliphatic rings. The van der Waals surface area contributed by atoms with Crippen molar-refractivity contribution in [1.82, 2.24) is 3.53 Å². The van der Waals surface area contributed by atoms with Crippen molar-refractivity contribution in [2.45, 2.75) is 0 Å². The summed E-state index contributed by atoms with van der Waals surface area (Å²) < 4.78 is 5.41. The second-order valence-electron chi connectivity index (χ2n) is 2.40. The molecule has 0 atom stereocenters. The van der Waals surface area contributed by atoms with Crippen LogP contribution in [0.15, 0.2) is 0 Å². The van der Waals surface area contributed by atoms with Gasteiger partial charge in [-0.05, 0) is 0 Å². The number of rotatable bonds is 4. The molecule has 0 aromatic carbocycles.